The third-order valence-corrected chi connectivity index (χ3v) is 4.32. The molecule has 1 saturated heterocycles. The van der Waals surface area contributed by atoms with Gasteiger partial charge in [0.1, 0.15) is 5.82 Å². The van der Waals surface area contributed by atoms with Gasteiger partial charge < -0.3 is 10.2 Å². The molecular formula is C15H17N3OS. The smallest absolute Gasteiger partial charge is 0.225 e. The lowest BCUT2D eigenvalue weighted by molar-refractivity contribution is -0.120. The average Bonchev–Trinajstić information content (AvgIpc) is 3.11. The molecule has 0 bridgehead atoms. The molecule has 4 nitrogen and oxygen atoms in total. The Bertz CT molecular complexity index is 556. The molecule has 0 spiro atoms. The maximum absolute atomic E-state index is 12.0. The number of anilines is 1. The minimum absolute atomic E-state index is 0.111. The highest BCUT2D eigenvalue weighted by Gasteiger charge is 2.24. The third-order valence-electron chi connectivity index (χ3n) is 3.44. The number of aromatic nitrogens is 1. The van der Waals surface area contributed by atoms with E-state index in [0.29, 0.717) is 6.42 Å². The van der Waals surface area contributed by atoms with Crippen molar-refractivity contribution in [3.05, 3.63) is 46.8 Å². The van der Waals surface area contributed by atoms with E-state index in [2.05, 4.69) is 15.2 Å². The summed E-state index contributed by atoms with van der Waals surface area (Å²) in [5, 5.41) is 5.12. The molecular weight excluding hydrogens is 270 g/mol. The van der Waals surface area contributed by atoms with E-state index in [1.807, 2.05) is 35.7 Å². The van der Waals surface area contributed by atoms with E-state index < -0.39 is 0 Å². The summed E-state index contributed by atoms with van der Waals surface area (Å²) in [5.74, 6) is 1.10. The lowest BCUT2D eigenvalue weighted by atomic mass is 10.2. The predicted molar refractivity (Wildman–Crippen MR) is 81.0 cm³/mol. The summed E-state index contributed by atoms with van der Waals surface area (Å²) in [4.78, 5) is 19.7. The van der Waals surface area contributed by atoms with E-state index in [1.165, 1.54) is 0 Å². The number of carbonyl (C=O) groups is 1. The van der Waals surface area contributed by atoms with Gasteiger partial charge in [-0.15, -0.1) is 11.3 Å². The van der Waals surface area contributed by atoms with Crippen LogP contribution in [0.5, 0.6) is 0 Å². The average molecular weight is 287 g/mol. The molecule has 20 heavy (non-hydrogen) atoms. The van der Waals surface area contributed by atoms with E-state index in [4.69, 9.17) is 0 Å². The minimum atomic E-state index is 0.111. The first-order chi connectivity index (χ1) is 9.81. The molecule has 0 radical (unpaired) electrons. The van der Waals surface area contributed by atoms with Crippen LogP contribution in [0.3, 0.4) is 0 Å². The molecule has 0 saturated carbocycles. The summed E-state index contributed by atoms with van der Waals surface area (Å²) >= 11 is 1.63. The lowest BCUT2D eigenvalue weighted by Gasteiger charge is -2.17. The Morgan fingerprint density at radius 1 is 1.40 bits per heavy atom. The van der Waals surface area contributed by atoms with Crippen LogP contribution >= 0.6 is 11.3 Å². The van der Waals surface area contributed by atoms with Gasteiger partial charge in [-0.25, -0.2) is 4.98 Å². The van der Waals surface area contributed by atoms with Gasteiger partial charge in [0, 0.05) is 30.2 Å². The molecule has 1 aliphatic rings. The van der Waals surface area contributed by atoms with Crippen LogP contribution in [0.4, 0.5) is 5.82 Å². The molecule has 1 fully saturated rings. The Balaban J connectivity index is 1.52. The lowest BCUT2D eigenvalue weighted by Crippen LogP contribution is -2.37. The molecule has 2 aromatic heterocycles. The number of nitrogens with one attached hydrogen (secondary N) is 1. The number of hydrogen-bond acceptors (Lipinski definition) is 4. The summed E-state index contributed by atoms with van der Waals surface area (Å²) in [6, 6.07) is 10.1. The van der Waals surface area contributed by atoms with E-state index in [1.54, 1.807) is 17.5 Å². The zero-order chi connectivity index (χ0) is 13.8. The molecule has 1 atom stereocenters. The van der Waals surface area contributed by atoms with E-state index in [9.17, 15) is 4.79 Å². The molecule has 1 N–H and O–H groups in total. The number of amides is 1. The van der Waals surface area contributed by atoms with Crippen molar-refractivity contribution in [2.75, 3.05) is 18.0 Å². The topological polar surface area (TPSA) is 45.2 Å². The summed E-state index contributed by atoms with van der Waals surface area (Å²) in [6.07, 6.45) is 3.27. The fourth-order valence-electron chi connectivity index (χ4n) is 2.48. The SMILES string of the molecule is O=C(Cc1cccs1)NC1CCN(c2ccccn2)C1. The van der Waals surface area contributed by atoms with Crippen LogP contribution in [0.1, 0.15) is 11.3 Å². The fourth-order valence-corrected chi connectivity index (χ4v) is 3.18. The van der Waals surface area contributed by atoms with E-state index in [0.717, 1.165) is 30.2 Å². The minimum Gasteiger partial charge on any atom is -0.354 e. The van der Waals surface area contributed by atoms with Gasteiger partial charge in [-0.05, 0) is 30.0 Å². The van der Waals surface area contributed by atoms with Crippen LogP contribution < -0.4 is 10.2 Å². The first-order valence-electron chi connectivity index (χ1n) is 6.79. The predicted octanol–water partition coefficient (Wildman–Crippen LogP) is 2.08. The van der Waals surface area contributed by atoms with Gasteiger partial charge in [0.15, 0.2) is 0 Å². The van der Waals surface area contributed by atoms with E-state index in [-0.39, 0.29) is 11.9 Å². The van der Waals surface area contributed by atoms with Gasteiger partial charge in [0.2, 0.25) is 5.91 Å². The first-order valence-corrected chi connectivity index (χ1v) is 7.67. The zero-order valence-corrected chi connectivity index (χ0v) is 12.0. The van der Waals surface area contributed by atoms with Crippen molar-refractivity contribution in [1.82, 2.24) is 10.3 Å². The second-order valence-corrected chi connectivity index (χ2v) is 5.98. The van der Waals surface area contributed by atoms with Crippen LogP contribution in [-0.2, 0) is 11.2 Å². The molecule has 3 rings (SSSR count). The number of carbonyl (C=O) groups excluding carboxylic acids is 1. The Hall–Kier alpha value is -1.88. The monoisotopic (exact) mass is 287 g/mol. The van der Waals surface area contributed by atoms with Crippen molar-refractivity contribution < 1.29 is 4.79 Å². The number of thiophene rings is 1. The zero-order valence-electron chi connectivity index (χ0n) is 11.2. The van der Waals surface area contributed by atoms with Gasteiger partial charge >= 0.3 is 0 Å². The highest BCUT2D eigenvalue weighted by molar-refractivity contribution is 7.10. The van der Waals surface area contributed by atoms with Gasteiger partial charge in [-0.2, -0.15) is 0 Å². The van der Waals surface area contributed by atoms with Crippen molar-refractivity contribution >= 4 is 23.1 Å². The summed E-state index contributed by atoms with van der Waals surface area (Å²) in [5.41, 5.74) is 0. The van der Waals surface area contributed by atoms with Crippen molar-refractivity contribution in [1.29, 1.82) is 0 Å². The largest absolute Gasteiger partial charge is 0.354 e. The maximum atomic E-state index is 12.0. The Morgan fingerprint density at radius 3 is 3.10 bits per heavy atom. The van der Waals surface area contributed by atoms with Crippen molar-refractivity contribution in [3.63, 3.8) is 0 Å². The summed E-state index contributed by atoms with van der Waals surface area (Å²) in [7, 11) is 0. The molecule has 0 aliphatic carbocycles. The van der Waals surface area contributed by atoms with Crippen molar-refractivity contribution in [3.8, 4) is 0 Å². The molecule has 104 valence electrons. The second kappa shape index (κ2) is 6.05. The van der Waals surface area contributed by atoms with Crippen molar-refractivity contribution in [2.45, 2.75) is 18.9 Å². The van der Waals surface area contributed by atoms with Gasteiger partial charge in [-0.1, -0.05) is 12.1 Å². The van der Waals surface area contributed by atoms with Gasteiger partial charge in [0.25, 0.3) is 0 Å². The fraction of sp³-hybridized carbons (Fsp3) is 0.333. The highest BCUT2D eigenvalue weighted by atomic mass is 32.1. The number of hydrogen-bond donors (Lipinski definition) is 1. The summed E-state index contributed by atoms with van der Waals surface area (Å²) < 4.78 is 0. The molecule has 2 aromatic rings. The quantitative estimate of drug-likeness (QED) is 0.936. The molecule has 1 unspecified atom stereocenters. The number of pyridine rings is 1. The van der Waals surface area contributed by atoms with Crippen LogP contribution in [-0.4, -0.2) is 30.0 Å². The van der Waals surface area contributed by atoms with Crippen LogP contribution in [0.2, 0.25) is 0 Å². The van der Waals surface area contributed by atoms with Crippen LogP contribution in [0, 0.1) is 0 Å². The molecule has 3 heterocycles. The molecule has 1 aliphatic heterocycles. The highest BCUT2D eigenvalue weighted by Crippen LogP contribution is 2.17. The Kier molecular flexibility index (Phi) is 3.97. The standard InChI is InChI=1S/C15H17N3OS/c19-15(10-13-4-3-9-20-13)17-12-6-8-18(11-12)14-5-1-2-7-16-14/h1-5,7,9,12H,6,8,10-11H2,(H,17,19). The van der Waals surface area contributed by atoms with Gasteiger partial charge in [-0.3, -0.25) is 4.79 Å². The Labute approximate surface area is 122 Å². The maximum Gasteiger partial charge on any atom is 0.225 e. The Morgan fingerprint density at radius 2 is 2.35 bits per heavy atom. The first kappa shape index (κ1) is 13.1. The summed E-state index contributed by atoms with van der Waals surface area (Å²) in [6.45, 7) is 1.79. The number of rotatable bonds is 4. The normalized spacial score (nSPS) is 18.2. The van der Waals surface area contributed by atoms with Gasteiger partial charge in [0.05, 0.1) is 6.42 Å². The second-order valence-electron chi connectivity index (χ2n) is 4.94. The molecule has 0 aromatic carbocycles. The number of nitrogens with zero attached hydrogens (tertiary/aromatic N) is 2. The van der Waals surface area contributed by atoms with Crippen molar-refractivity contribution in [2.24, 2.45) is 0 Å². The molecule has 1 amide bonds. The van der Waals surface area contributed by atoms with Crippen LogP contribution in [0.15, 0.2) is 41.9 Å². The van der Waals surface area contributed by atoms with E-state index >= 15 is 0 Å². The van der Waals surface area contributed by atoms with Crippen LogP contribution in [0.25, 0.3) is 0 Å². The molecule has 5 heteroatoms. The third kappa shape index (κ3) is 3.17.